The standard InChI is InChI=1S/C23H31BrF3N3O2/c1-3-12-32-16-4-8-22(2,9-5-16)29-10-6-15(7-11-29)30-20-14-18(24)17(23(25,26)27)13-19(20)28-21(30)31/h13-16H,3-12H2,1-2H3,(H,28,31). The van der Waals surface area contributed by atoms with E-state index in [1.807, 2.05) is 0 Å². The molecule has 178 valence electrons. The number of aromatic nitrogens is 2. The second-order valence-corrected chi connectivity index (χ2v) is 10.3. The Kier molecular flexibility index (Phi) is 6.81. The van der Waals surface area contributed by atoms with Gasteiger partial charge in [0.15, 0.2) is 0 Å². The van der Waals surface area contributed by atoms with E-state index in [9.17, 15) is 18.0 Å². The van der Waals surface area contributed by atoms with Gasteiger partial charge in [0, 0.05) is 35.7 Å². The van der Waals surface area contributed by atoms with Crippen LogP contribution in [-0.4, -0.2) is 45.8 Å². The van der Waals surface area contributed by atoms with Gasteiger partial charge in [-0.1, -0.05) is 22.9 Å². The molecule has 0 atom stereocenters. The van der Waals surface area contributed by atoms with Crippen molar-refractivity contribution in [3.05, 3.63) is 32.7 Å². The summed E-state index contributed by atoms with van der Waals surface area (Å²) in [6.07, 6.45) is 2.90. The van der Waals surface area contributed by atoms with Crippen LogP contribution in [0.25, 0.3) is 11.0 Å². The van der Waals surface area contributed by atoms with Crippen molar-refractivity contribution in [2.24, 2.45) is 0 Å². The van der Waals surface area contributed by atoms with Crippen LogP contribution in [-0.2, 0) is 10.9 Å². The number of rotatable bonds is 5. The largest absolute Gasteiger partial charge is 0.417 e. The third-order valence-electron chi connectivity index (χ3n) is 7.27. The van der Waals surface area contributed by atoms with E-state index in [1.165, 1.54) is 6.07 Å². The Labute approximate surface area is 194 Å². The molecule has 0 spiro atoms. The first-order valence-electron chi connectivity index (χ1n) is 11.5. The highest BCUT2D eigenvalue weighted by Crippen LogP contribution is 2.40. The van der Waals surface area contributed by atoms with Gasteiger partial charge in [-0.25, -0.2) is 4.79 Å². The van der Waals surface area contributed by atoms with Gasteiger partial charge in [-0.15, -0.1) is 0 Å². The van der Waals surface area contributed by atoms with E-state index in [-0.39, 0.29) is 27.3 Å². The lowest BCUT2D eigenvalue weighted by Gasteiger charge is -2.48. The monoisotopic (exact) mass is 517 g/mol. The highest BCUT2D eigenvalue weighted by molar-refractivity contribution is 9.10. The minimum absolute atomic E-state index is 0.0241. The lowest BCUT2D eigenvalue weighted by molar-refractivity contribution is -0.138. The van der Waals surface area contributed by atoms with Crippen molar-refractivity contribution in [2.45, 2.75) is 82.7 Å². The van der Waals surface area contributed by atoms with Crippen molar-refractivity contribution >= 4 is 27.0 Å². The lowest BCUT2D eigenvalue weighted by atomic mass is 9.79. The molecule has 1 saturated heterocycles. The van der Waals surface area contributed by atoms with Crippen LogP contribution >= 0.6 is 15.9 Å². The zero-order chi connectivity index (χ0) is 23.1. The number of fused-ring (bicyclic) bond motifs is 1. The molecule has 1 N–H and O–H groups in total. The van der Waals surface area contributed by atoms with Crippen LogP contribution in [0.1, 0.15) is 70.4 Å². The summed E-state index contributed by atoms with van der Waals surface area (Å²) in [6, 6.07) is 2.41. The summed E-state index contributed by atoms with van der Waals surface area (Å²) in [7, 11) is 0. The molecule has 1 aromatic carbocycles. The van der Waals surface area contributed by atoms with E-state index in [4.69, 9.17) is 4.74 Å². The molecule has 2 aromatic rings. The molecule has 1 aliphatic heterocycles. The van der Waals surface area contributed by atoms with Gasteiger partial charge in [-0.2, -0.15) is 13.2 Å². The number of imidazole rings is 1. The normalized spacial score (nSPS) is 26.1. The average molecular weight is 518 g/mol. The molecule has 9 heteroatoms. The van der Waals surface area contributed by atoms with Crippen LogP contribution in [0, 0.1) is 0 Å². The molecule has 1 saturated carbocycles. The Balaban J connectivity index is 1.46. The lowest BCUT2D eigenvalue weighted by Crippen LogP contribution is -2.53. The Hall–Kier alpha value is -1.32. The molecule has 0 radical (unpaired) electrons. The fraction of sp³-hybridized carbons (Fsp3) is 0.696. The number of alkyl halides is 3. The number of ether oxygens (including phenoxy) is 1. The van der Waals surface area contributed by atoms with Gasteiger partial charge in [0.25, 0.3) is 0 Å². The van der Waals surface area contributed by atoms with E-state index in [2.05, 4.69) is 39.7 Å². The molecule has 32 heavy (non-hydrogen) atoms. The molecule has 0 amide bonds. The van der Waals surface area contributed by atoms with Crippen molar-refractivity contribution < 1.29 is 17.9 Å². The van der Waals surface area contributed by atoms with E-state index in [1.54, 1.807) is 4.57 Å². The number of hydrogen-bond acceptors (Lipinski definition) is 3. The smallest absolute Gasteiger partial charge is 0.378 e. The molecule has 2 heterocycles. The fourth-order valence-electron chi connectivity index (χ4n) is 5.37. The number of likely N-dealkylation sites (tertiary alicyclic amines) is 1. The van der Waals surface area contributed by atoms with E-state index >= 15 is 0 Å². The van der Waals surface area contributed by atoms with E-state index in [0.29, 0.717) is 11.6 Å². The summed E-state index contributed by atoms with van der Waals surface area (Å²) in [5.74, 6) is 0. The average Bonchev–Trinajstić information content (AvgIpc) is 3.07. The summed E-state index contributed by atoms with van der Waals surface area (Å²) in [4.78, 5) is 17.8. The predicted octanol–water partition coefficient (Wildman–Crippen LogP) is 5.88. The van der Waals surface area contributed by atoms with Crippen LogP contribution in [0.2, 0.25) is 0 Å². The fourth-order valence-corrected chi connectivity index (χ4v) is 5.93. The number of H-pyrrole nitrogens is 1. The minimum Gasteiger partial charge on any atom is -0.378 e. The van der Waals surface area contributed by atoms with Gasteiger partial charge in [-0.3, -0.25) is 9.47 Å². The zero-order valence-electron chi connectivity index (χ0n) is 18.6. The number of benzene rings is 1. The summed E-state index contributed by atoms with van der Waals surface area (Å²) in [5.41, 5.74) is -0.227. The highest BCUT2D eigenvalue weighted by atomic mass is 79.9. The number of piperidine rings is 1. The summed E-state index contributed by atoms with van der Waals surface area (Å²) < 4.78 is 47.3. The third kappa shape index (κ3) is 4.66. The van der Waals surface area contributed by atoms with Gasteiger partial charge in [0.05, 0.1) is 22.7 Å². The van der Waals surface area contributed by atoms with Gasteiger partial charge in [0.2, 0.25) is 0 Å². The number of nitrogens with zero attached hydrogens (tertiary/aromatic N) is 2. The molecule has 1 aromatic heterocycles. The van der Waals surface area contributed by atoms with Gasteiger partial charge in [0.1, 0.15) is 0 Å². The first kappa shape index (κ1) is 23.8. The van der Waals surface area contributed by atoms with Crippen LogP contribution in [0.3, 0.4) is 0 Å². The zero-order valence-corrected chi connectivity index (χ0v) is 20.2. The molecule has 2 fully saturated rings. The maximum absolute atomic E-state index is 13.2. The second-order valence-electron chi connectivity index (χ2n) is 9.43. The second kappa shape index (κ2) is 9.14. The van der Waals surface area contributed by atoms with Crippen molar-refractivity contribution in [3.63, 3.8) is 0 Å². The first-order chi connectivity index (χ1) is 15.1. The Morgan fingerprint density at radius 2 is 1.84 bits per heavy atom. The molecule has 2 aliphatic rings. The Morgan fingerprint density at radius 1 is 1.19 bits per heavy atom. The third-order valence-corrected chi connectivity index (χ3v) is 7.93. The Bertz CT molecular complexity index is 1000. The van der Waals surface area contributed by atoms with Gasteiger partial charge >= 0.3 is 11.9 Å². The topological polar surface area (TPSA) is 50.3 Å². The molecular weight excluding hydrogens is 487 g/mol. The van der Waals surface area contributed by atoms with Crippen LogP contribution in [0.4, 0.5) is 13.2 Å². The number of nitrogens with one attached hydrogen (secondary N) is 1. The number of halogens is 4. The molecule has 5 nitrogen and oxygen atoms in total. The maximum atomic E-state index is 13.2. The Morgan fingerprint density at radius 3 is 2.44 bits per heavy atom. The van der Waals surface area contributed by atoms with E-state index < -0.39 is 11.7 Å². The van der Waals surface area contributed by atoms with Crippen LogP contribution in [0.5, 0.6) is 0 Å². The molecule has 0 unspecified atom stereocenters. The molecule has 0 bridgehead atoms. The quantitative estimate of drug-likeness (QED) is 0.539. The van der Waals surface area contributed by atoms with Gasteiger partial charge in [-0.05, 0) is 64.0 Å². The van der Waals surface area contributed by atoms with Gasteiger partial charge < -0.3 is 9.72 Å². The van der Waals surface area contributed by atoms with Crippen molar-refractivity contribution in [2.75, 3.05) is 19.7 Å². The first-order valence-corrected chi connectivity index (χ1v) is 12.3. The molecule has 1 aliphatic carbocycles. The summed E-state index contributed by atoms with van der Waals surface area (Å²) >= 11 is 3.04. The predicted molar refractivity (Wildman–Crippen MR) is 122 cm³/mol. The van der Waals surface area contributed by atoms with E-state index in [0.717, 1.165) is 70.7 Å². The number of hydrogen-bond donors (Lipinski definition) is 1. The van der Waals surface area contributed by atoms with Crippen LogP contribution in [0.15, 0.2) is 21.4 Å². The maximum Gasteiger partial charge on any atom is 0.417 e. The SMILES string of the molecule is CCCOC1CCC(C)(N2CCC(n3c(=O)[nH]c4cc(C(F)(F)F)c(Br)cc43)CC2)CC1. The summed E-state index contributed by atoms with van der Waals surface area (Å²) in [6.45, 7) is 7.04. The molecule has 4 rings (SSSR count). The van der Waals surface area contributed by atoms with Crippen LogP contribution < -0.4 is 5.69 Å². The van der Waals surface area contributed by atoms with Crippen molar-refractivity contribution in [1.82, 2.24) is 14.5 Å². The minimum atomic E-state index is -4.48. The van der Waals surface area contributed by atoms with Crippen molar-refractivity contribution in [3.8, 4) is 0 Å². The van der Waals surface area contributed by atoms with Crippen molar-refractivity contribution in [1.29, 1.82) is 0 Å². The highest BCUT2D eigenvalue weighted by Gasteiger charge is 2.39. The number of aromatic amines is 1. The summed E-state index contributed by atoms with van der Waals surface area (Å²) in [5, 5.41) is 0. The molecular formula is C23H31BrF3N3O2.